The van der Waals surface area contributed by atoms with E-state index >= 15 is 0 Å². The minimum atomic E-state index is 0.0453. The number of nitrogens with one attached hydrogen (secondary N) is 1. The first-order valence-corrected chi connectivity index (χ1v) is 6.94. The van der Waals surface area contributed by atoms with Crippen LogP contribution in [0.15, 0.2) is 0 Å². The molecule has 3 nitrogen and oxygen atoms in total. The lowest BCUT2D eigenvalue weighted by Crippen LogP contribution is -2.50. The Balaban J connectivity index is 2.44. The van der Waals surface area contributed by atoms with Crippen molar-refractivity contribution in [2.24, 2.45) is 5.92 Å². The summed E-state index contributed by atoms with van der Waals surface area (Å²) in [6, 6.07) is 0. The van der Waals surface area contributed by atoms with E-state index in [1.165, 1.54) is 0 Å². The molecule has 1 rings (SSSR count). The molecule has 1 N–H and O–H groups in total. The summed E-state index contributed by atoms with van der Waals surface area (Å²) >= 11 is 0. The third-order valence-electron chi connectivity index (χ3n) is 3.78. The van der Waals surface area contributed by atoms with Gasteiger partial charge in [-0.3, -0.25) is 4.79 Å². The van der Waals surface area contributed by atoms with Crippen molar-refractivity contribution in [2.75, 3.05) is 20.1 Å². The molecule has 100 valence electrons. The van der Waals surface area contributed by atoms with Crippen LogP contribution in [0.1, 0.15) is 52.9 Å². The van der Waals surface area contributed by atoms with E-state index in [0.717, 1.165) is 45.2 Å². The van der Waals surface area contributed by atoms with Crippen LogP contribution in [0.3, 0.4) is 0 Å². The van der Waals surface area contributed by atoms with E-state index < -0.39 is 0 Å². The number of amides is 1. The summed E-state index contributed by atoms with van der Waals surface area (Å²) in [7, 11) is 1.96. The van der Waals surface area contributed by atoms with Gasteiger partial charge in [-0.1, -0.05) is 20.3 Å². The number of nitrogens with zero attached hydrogens (tertiary/aromatic N) is 1. The molecule has 1 heterocycles. The van der Waals surface area contributed by atoms with E-state index in [9.17, 15) is 4.79 Å². The quantitative estimate of drug-likeness (QED) is 0.773. The molecule has 0 bridgehead atoms. The smallest absolute Gasteiger partial charge is 0.223 e. The number of likely N-dealkylation sites (tertiary alicyclic amines) is 1. The molecular weight excluding hydrogens is 212 g/mol. The normalized spacial score (nSPS) is 24.6. The molecule has 0 radical (unpaired) electrons. The third kappa shape index (κ3) is 3.98. The summed E-state index contributed by atoms with van der Waals surface area (Å²) in [5.74, 6) is 1.05. The highest BCUT2D eigenvalue weighted by Crippen LogP contribution is 2.29. The molecule has 1 amide bonds. The van der Waals surface area contributed by atoms with E-state index in [4.69, 9.17) is 0 Å². The second-order valence-corrected chi connectivity index (χ2v) is 5.96. The number of rotatable bonds is 6. The van der Waals surface area contributed by atoms with Gasteiger partial charge in [-0.2, -0.15) is 0 Å². The van der Waals surface area contributed by atoms with Crippen molar-refractivity contribution in [2.45, 2.75) is 58.4 Å². The van der Waals surface area contributed by atoms with Crippen molar-refractivity contribution in [3.63, 3.8) is 0 Å². The molecule has 0 aromatic heterocycles. The van der Waals surface area contributed by atoms with E-state index in [2.05, 4.69) is 31.0 Å². The number of likely N-dealkylation sites (N-methyl/N-ethyl adjacent to an activating group) is 1. The van der Waals surface area contributed by atoms with Crippen LogP contribution in [0.25, 0.3) is 0 Å². The zero-order chi connectivity index (χ0) is 12.9. The van der Waals surface area contributed by atoms with Gasteiger partial charge in [0.05, 0.1) is 5.54 Å². The Labute approximate surface area is 106 Å². The Morgan fingerprint density at radius 3 is 2.76 bits per heavy atom. The van der Waals surface area contributed by atoms with Gasteiger partial charge in [0.25, 0.3) is 0 Å². The maximum Gasteiger partial charge on any atom is 0.223 e. The van der Waals surface area contributed by atoms with Crippen molar-refractivity contribution in [1.29, 1.82) is 0 Å². The lowest BCUT2D eigenvalue weighted by Gasteiger charge is -2.35. The topological polar surface area (TPSA) is 32.3 Å². The molecule has 0 saturated carbocycles. The zero-order valence-corrected chi connectivity index (χ0v) is 11.9. The van der Waals surface area contributed by atoms with Crippen molar-refractivity contribution in [3.05, 3.63) is 0 Å². The predicted molar refractivity (Wildman–Crippen MR) is 72.0 cm³/mol. The summed E-state index contributed by atoms with van der Waals surface area (Å²) in [5.41, 5.74) is 0.0453. The average Bonchev–Trinajstić information content (AvgIpc) is 2.60. The van der Waals surface area contributed by atoms with Crippen molar-refractivity contribution in [1.82, 2.24) is 10.2 Å². The van der Waals surface area contributed by atoms with Crippen molar-refractivity contribution >= 4 is 5.91 Å². The van der Waals surface area contributed by atoms with Crippen LogP contribution in [0.5, 0.6) is 0 Å². The monoisotopic (exact) mass is 240 g/mol. The first-order valence-electron chi connectivity index (χ1n) is 6.94. The summed E-state index contributed by atoms with van der Waals surface area (Å²) in [5, 5.41) is 3.22. The van der Waals surface area contributed by atoms with Gasteiger partial charge in [-0.25, -0.2) is 0 Å². The molecular formula is C14H28N2O. The zero-order valence-electron chi connectivity index (χ0n) is 11.9. The van der Waals surface area contributed by atoms with Gasteiger partial charge in [-0.15, -0.1) is 0 Å². The van der Waals surface area contributed by atoms with Crippen LogP contribution in [0.2, 0.25) is 0 Å². The largest absolute Gasteiger partial charge is 0.336 e. The van der Waals surface area contributed by atoms with Gasteiger partial charge in [0.15, 0.2) is 0 Å². The number of carbonyl (C=O) groups excluding carboxylic acids is 1. The SMILES string of the molecule is CNCC1(C)CCCN1C(=O)CCCC(C)C. The Morgan fingerprint density at radius 1 is 1.47 bits per heavy atom. The molecule has 1 aliphatic rings. The first-order chi connectivity index (χ1) is 7.99. The Bertz CT molecular complexity index is 253. The van der Waals surface area contributed by atoms with Gasteiger partial charge in [0.2, 0.25) is 5.91 Å². The van der Waals surface area contributed by atoms with Gasteiger partial charge < -0.3 is 10.2 Å². The maximum atomic E-state index is 12.2. The maximum absolute atomic E-state index is 12.2. The minimum Gasteiger partial charge on any atom is -0.336 e. The Hall–Kier alpha value is -0.570. The van der Waals surface area contributed by atoms with Crippen LogP contribution in [-0.2, 0) is 4.79 Å². The van der Waals surface area contributed by atoms with Crippen LogP contribution < -0.4 is 5.32 Å². The number of carbonyl (C=O) groups is 1. The predicted octanol–water partition coefficient (Wildman–Crippen LogP) is 2.41. The molecule has 1 aliphatic heterocycles. The molecule has 0 aromatic rings. The van der Waals surface area contributed by atoms with Crippen molar-refractivity contribution < 1.29 is 4.79 Å². The first kappa shape index (κ1) is 14.5. The summed E-state index contributed by atoms with van der Waals surface area (Å²) in [6.45, 7) is 8.48. The number of hydrogen-bond acceptors (Lipinski definition) is 2. The molecule has 1 atom stereocenters. The van der Waals surface area contributed by atoms with Gasteiger partial charge in [0, 0.05) is 19.5 Å². The Kier molecular flexibility index (Phi) is 5.44. The van der Waals surface area contributed by atoms with Gasteiger partial charge in [0.1, 0.15) is 0 Å². The summed E-state index contributed by atoms with van der Waals surface area (Å²) < 4.78 is 0. The van der Waals surface area contributed by atoms with Gasteiger partial charge in [-0.05, 0) is 39.2 Å². The van der Waals surface area contributed by atoms with Gasteiger partial charge >= 0.3 is 0 Å². The van der Waals surface area contributed by atoms with E-state index in [1.807, 2.05) is 7.05 Å². The van der Waals surface area contributed by atoms with Crippen molar-refractivity contribution in [3.8, 4) is 0 Å². The van der Waals surface area contributed by atoms with Crippen LogP contribution in [0, 0.1) is 5.92 Å². The highest BCUT2D eigenvalue weighted by Gasteiger charge is 2.38. The third-order valence-corrected chi connectivity index (χ3v) is 3.78. The van der Waals surface area contributed by atoms with Crippen LogP contribution in [0.4, 0.5) is 0 Å². The summed E-state index contributed by atoms with van der Waals surface area (Å²) in [6.07, 6.45) is 5.18. The lowest BCUT2D eigenvalue weighted by atomic mass is 9.98. The highest BCUT2D eigenvalue weighted by atomic mass is 16.2. The second kappa shape index (κ2) is 6.39. The van der Waals surface area contributed by atoms with E-state index in [1.54, 1.807) is 0 Å². The number of hydrogen-bond donors (Lipinski definition) is 1. The molecule has 0 aliphatic carbocycles. The summed E-state index contributed by atoms with van der Waals surface area (Å²) in [4.78, 5) is 14.3. The second-order valence-electron chi connectivity index (χ2n) is 5.96. The Morgan fingerprint density at radius 2 is 2.18 bits per heavy atom. The molecule has 0 aromatic carbocycles. The van der Waals surface area contributed by atoms with E-state index in [-0.39, 0.29) is 5.54 Å². The standard InChI is InChI=1S/C14H28N2O/c1-12(2)7-5-8-13(17)16-10-6-9-14(16,3)11-15-4/h12,15H,5-11H2,1-4H3. The van der Waals surface area contributed by atoms with Crippen LogP contribution in [-0.4, -0.2) is 36.5 Å². The fourth-order valence-corrected chi connectivity index (χ4v) is 2.81. The minimum absolute atomic E-state index is 0.0453. The van der Waals surface area contributed by atoms with Crippen LogP contribution >= 0.6 is 0 Å². The molecule has 17 heavy (non-hydrogen) atoms. The van der Waals surface area contributed by atoms with E-state index in [0.29, 0.717) is 11.8 Å². The molecule has 1 fully saturated rings. The molecule has 1 unspecified atom stereocenters. The molecule has 1 saturated heterocycles. The fourth-order valence-electron chi connectivity index (χ4n) is 2.81. The fraction of sp³-hybridized carbons (Fsp3) is 0.929. The highest BCUT2D eigenvalue weighted by molar-refractivity contribution is 5.77. The molecule has 3 heteroatoms. The lowest BCUT2D eigenvalue weighted by molar-refractivity contribution is -0.134. The average molecular weight is 240 g/mol. The molecule has 0 spiro atoms.